The van der Waals surface area contributed by atoms with Gasteiger partial charge in [-0.1, -0.05) is 12.1 Å². The van der Waals surface area contributed by atoms with Gasteiger partial charge in [0.1, 0.15) is 11.9 Å². The Labute approximate surface area is 125 Å². The molecule has 1 aromatic rings. The molecule has 0 amide bonds. The zero-order valence-electron chi connectivity index (χ0n) is 11.8. The van der Waals surface area contributed by atoms with Crippen molar-refractivity contribution in [2.45, 2.75) is 31.7 Å². The Bertz CT molecular complexity index is 472. The van der Waals surface area contributed by atoms with Crippen molar-refractivity contribution in [2.75, 3.05) is 13.2 Å². The lowest BCUT2D eigenvalue weighted by Crippen LogP contribution is -2.23. The second kappa shape index (κ2) is 8.00. The maximum absolute atomic E-state index is 12.0. The van der Waals surface area contributed by atoms with E-state index in [1.165, 1.54) is 24.3 Å². The average molecular weight is 322 g/mol. The number of halogens is 3. The van der Waals surface area contributed by atoms with Crippen molar-refractivity contribution < 1.29 is 37.7 Å². The lowest BCUT2D eigenvalue weighted by molar-refractivity contribution is -0.153. The van der Waals surface area contributed by atoms with E-state index in [-0.39, 0.29) is 24.3 Å². The van der Waals surface area contributed by atoms with Crippen LogP contribution < -0.4 is 4.74 Å². The summed E-state index contributed by atoms with van der Waals surface area (Å²) < 4.78 is 45.2. The van der Waals surface area contributed by atoms with Crippen LogP contribution in [0.4, 0.5) is 13.2 Å². The second-order valence-electron chi connectivity index (χ2n) is 4.49. The van der Waals surface area contributed by atoms with Gasteiger partial charge in [-0.05, 0) is 24.6 Å². The van der Waals surface area contributed by atoms with Gasteiger partial charge in [-0.25, -0.2) is 0 Å². The molecule has 1 aromatic carbocycles. The highest BCUT2D eigenvalue weighted by atomic mass is 19.4. The predicted octanol–water partition coefficient (Wildman–Crippen LogP) is 1.98. The summed E-state index contributed by atoms with van der Waals surface area (Å²) in [6.45, 7) is 0.355. The van der Waals surface area contributed by atoms with E-state index in [1.54, 1.807) is 6.92 Å². The van der Waals surface area contributed by atoms with Gasteiger partial charge >= 0.3 is 12.1 Å². The van der Waals surface area contributed by atoms with Crippen LogP contribution in [0.3, 0.4) is 0 Å². The zero-order chi connectivity index (χ0) is 16.8. The van der Waals surface area contributed by atoms with Crippen LogP contribution in [-0.4, -0.2) is 41.7 Å². The fourth-order valence-electron chi connectivity index (χ4n) is 1.65. The van der Waals surface area contributed by atoms with Crippen molar-refractivity contribution in [3.8, 4) is 5.75 Å². The summed E-state index contributed by atoms with van der Waals surface area (Å²) in [5.41, 5.74) is 0.246. The lowest BCUT2D eigenvalue weighted by atomic mass is 10.0. The second-order valence-corrected chi connectivity index (χ2v) is 4.49. The largest absolute Gasteiger partial charge is 0.484 e. The van der Waals surface area contributed by atoms with E-state index >= 15 is 0 Å². The first-order chi connectivity index (χ1) is 10.2. The quantitative estimate of drug-likeness (QED) is 0.751. The molecule has 0 spiro atoms. The van der Waals surface area contributed by atoms with Gasteiger partial charge in [-0.15, -0.1) is 0 Å². The Morgan fingerprint density at radius 2 is 1.82 bits per heavy atom. The number of hydrogen-bond donors (Lipinski definition) is 2. The fraction of sp³-hybridized carbons (Fsp3) is 0.500. The average Bonchev–Trinajstić information content (AvgIpc) is 2.44. The minimum absolute atomic E-state index is 0.0202. The molecule has 0 saturated heterocycles. The maximum atomic E-state index is 12.0. The van der Waals surface area contributed by atoms with E-state index in [4.69, 9.17) is 0 Å². The van der Waals surface area contributed by atoms with Crippen LogP contribution in [0, 0.1) is 0 Å². The standard InChI is InChI=1S/C14H17F3O5/c1-2-21-12(19)7-11(18)13(20)9-3-5-10(6-4-9)22-8-14(15,16)17/h3-6,11,13,18,20H,2,7-8H2,1H3. The Morgan fingerprint density at radius 3 is 2.32 bits per heavy atom. The third-order valence-electron chi connectivity index (χ3n) is 2.67. The van der Waals surface area contributed by atoms with Crippen LogP contribution in [0.25, 0.3) is 0 Å². The number of rotatable bonds is 7. The number of alkyl halides is 3. The number of carbonyl (C=O) groups is 1. The number of aliphatic hydroxyl groups is 2. The summed E-state index contributed by atoms with van der Waals surface area (Å²) in [6.07, 6.45) is -7.56. The molecule has 0 saturated carbocycles. The van der Waals surface area contributed by atoms with E-state index in [9.17, 15) is 28.2 Å². The zero-order valence-corrected chi connectivity index (χ0v) is 11.8. The van der Waals surface area contributed by atoms with E-state index in [0.717, 1.165) is 0 Å². The first-order valence-electron chi connectivity index (χ1n) is 6.54. The number of esters is 1. The minimum Gasteiger partial charge on any atom is -0.484 e. The first kappa shape index (κ1) is 18.2. The van der Waals surface area contributed by atoms with E-state index < -0.39 is 31.0 Å². The van der Waals surface area contributed by atoms with Crippen molar-refractivity contribution in [1.29, 1.82) is 0 Å². The molecule has 0 aliphatic rings. The Morgan fingerprint density at radius 1 is 1.23 bits per heavy atom. The molecule has 2 unspecified atom stereocenters. The molecule has 0 bridgehead atoms. The summed E-state index contributed by atoms with van der Waals surface area (Å²) in [6, 6.07) is 5.10. The van der Waals surface area contributed by atoms with Crippen molar-refractivity contribution >= 4 is 5.97 Å². The molecular formula is C14H17F3O5. The highest BCUT2D eigenvalue weighted by Crippen LogP contribution is 2.23. The third-order valence-corrected chi connectivity index (χ3v) is 2.67. The summed E-state index contributed by atoms with van der Waals surface area (Å²) in [5, 5.41) is 19.6. The third kappa shape index (κ3) is 6.31. The predicted molar refractivity (Wildman–Crippen MR) is 70.2 cm³/mol. The summed E-state index contributed by atoms with van der Waals surface area (Å²) in [4.78, 5) is 11.2. The molecule has 1 rings (SSSR count). The topological polar surface area (TPSA) is 76.0 Å². The molecule has 0 fully saturated rings. The Kier molecular flexibility index (Phi) is 6.63. The van der Waals surface area contributed by atoms with Gasteiger partial charge in [0, 0.05) is 0 Å². The van der Waals surface area contributed by atoms with Gasteiger partial charge in [-0.3, -0.25) is 4.79 Å². The summed E-state index contributed by atoms with van der Waals surface area (Å²) >= 11 is 0. The van der Waals surface area contributed by atoms with Gasteiger partial charge in [0.2, 0.25) is 0 Å². The van der Waals surface area contributed by atoms with Crippen LogP contribution >= 0.6 is 0 Å². The van der Waals surface area contributed by atoms with Gasteiger partial charge in [0.05, 0.1) is 19.1 Å². The van der Waals surface area contributed by atoms with Crippen LogP contribution in [0.1, 0.15) is 25.0 Å². The van der Waals surface area contributed by atoms with Crippen LogP contribution in [0.2, 0.25) is 0 Å². The SMILES string of the molecule is CCOC(=O)CC(O)C(O)c1ccc(OCC(F)(F)F)cc1. The molecule has 0 aliphatic heterocycles. The molecular weight excluding hydrogens is 305 g/mol. The van der Waals surface area contributed by atoms with Crippen molar-refractivity contribution in [2.24, 2.45) is 0 Å². The lowest BCUT2D eigenvalue weighted by Gasteiger charge is -2.18. The smallest absolute Gasteiger partial charge is 0.422 e. The normalized spacial score (nSPS) is 14.3. The molecule has 0 aliphatic carbocycles. The summed E-state index contributed by atoms with van der Waals surface area (Å²) in [5.74, 6) is -0.674. The summed E-state index contributed by atoms with van der Waals surface area (Å²) in [7, 11) is 0. The van der Waals surface area contributed by atoms with Crippen molar-refractivity contribution in [3.63, 3.8) is 0 Å². The number of ether oxygens (including phenoxy) is 2. The molecule has 0 heterocycles. The van der Waals surface area contributed by atoms with Gasteiger partial charge in [-0.2, -0.15) is 13.2 Å². The molecule has 2 N–H and O–H groups in total. The fourth-order valence-corrected chi connectivity index (χ4v) is 1.65. The molecule has 8 heteroatoms. The van der Waals surface area contributed by atoms with E-state index in [2.05, 4.69) is 9.47 Å². The number of hydrogen-bond acceptors (Lipinski definition) is 5. The van der Waals surface area contributed by atoms with Crippen LogP contribution in [-0.2, 0) is 9.53 Å². The highest BCUT2D eigenvalue weighted by Gasteiger charge is 2.28. The molecule has 124 valence electrons. The minimum atomic E-state index is -4.44. The molecule has 0 radical (unpaired) electrons. The highest BCUT2D eigenvalue weighted by molar-refractivity contribution is 5.70. The van der Waals surface area contributed by atoms with Gasteiger partial charge < -0.3 is 19.7 Å². The molecule has 0 aromatic heterocycles. The maximum Gasteiger partial charge on any atom is 0.422 e. The van der Waals surface area contributed by atoms with Gasteiger partial charge in [0.25, 0.3) is 0 Å². The van der Waals surface area contributed by atoms with E-state index in [1.807, 2.05) is 0 Å². The van der Waals surface area contributed by atoms with Crippen molar-refractivity contribution in [1.82, 2.24) is 0 Å². The van der Waals surface area contributed by atoms with Crippen LogP contribution in [0.15, 0.2) is 24.3 Å². The Hall–Kier alpha value is -1.80. The first-order valence-corrected chi connectivity index (χ1v) is 6.54. The monoisotopic (exact) mass is 322 g/mol. The molecule has 5 nitrogen and oxygen atoms in total. The van der Waals surface area contributed by atoms with Gasteiger partial charge in [0.15, 0.2) is 6.61 Å². The number of benzene rings is 1. The molecule has 22 heavy (non-hydrogen) atoms. The van der Waals surface area contributed by atoms with E-state index in [0.29, 0.717) is 0 Å². The Balaban J connectivity index is 2.59. The number of aliphatic hydroxyl groups excluding tert-OH is 2. The van der Waals surface area contributed by atoms with Crippen LogP contribution in [0.5, 0.6) is 5.75 Å². The number of carbonyl (C=O) groups excluding carboxylic acids is 1. The van der Waals surface area contributed by atoms with Crippen molar-refractivity contribution in [3.05, 3.63) is 29.8 Å². The molecule has 2 atom stereocenters.